The first-order chi connectivity index (χ1) is 11.4. The number of nitrogens with two attached hydrogens (primary N) is 2. The Balaban J connectivity index is 0.000000240. The van der Waals surface area contributed by atoms with Crippen molar-refractivity contribution in [1.82, 2.24) is 0 Å². The average molecular weight is 327 g/mol. The van der Waals surface area contributed by atoms with Crippen LogP contribution >= 0.6 is 0 Å². The molecule has 0 aliphatic carbocycles. The zero-order valence-electron chi connectivity index (χ0n) is 16.3. The Morgan fingerprint density at radius 2 is 0.750 bits per heavy atom. The molecule has 0 unspecified atom stereocenters. The van der Waals surface area contributed by atoms with Gasteiger partial charge in [0.25, 0.3) is 0 Å². The molecule has 0 aromatic heterocycles. The molecular weight excluding hydrogens is 292 g/mol. The molecule has 2 aromatic rings. The lowest BCUT2D eigenvalue weighted by molar-refractivity contribution is 1.08. The summed E-state index contributed by atoms with van der Waals surface area (Å²) >= 11 is 0. The number of hydrogen-bond acceptors (Lipinski definition) is 2. The van der Waals surface area contributed by atoms with Crippen LogP contribution in [-0.4, -0.2) is 0 Å². The first kappa shape index (κ1) is 20.1. The van der Waals surface area contributed by atoms with Gasteiger partial charge in [-0.2, -0.15) is 0 Å². The van der Waals surface area contributed by atoms with E-state index in [0.29, 0.717) is 0 Å². The monoisotopic (exact) mass is 326 g/mol. The van der Waals surface area contributed by atoms with Gasteiger partial charge < -0.3 is 11.5 Å². The first-order valence-electron chi connectivity index (χ1n) is 9.13. The van der Waals surface area contributed by atoms with Gasteiger partial charge in [-0.25, -0.2) is 0 Å². The van der Waals surface area contributed by atoms with Gasteiger partial charge in [-0.05, 0) is 61.8 Å². The summed E-state index contributed by atoms with van der Waals surface area (Å²) in [7, 11) is 0. The van der Waals surface area contributed by atoms with Crippen molar-refractivity contribution in [2.75, 3.05) is 11.5 Å². The standard InChI is InChI=1S/2C11H17N/c2*1-4-9-6-8(3)7-10(5-2)11(9)12/h2*6-7H,4-5,12H2,1-3H3. The minimum atomic E-state index is 0.991. The summed E-state index contributed by atoms with van der Waals surface area (Å²) in [6.45, 7) is 12.8. The Morgan fingerprint density at radius 1 is 0.542 bits per heavy atom. The highest BCUT2D eigenvalue weighted by atomic mass is 14.6. The molecule has 0 heterocycles. The molecule has 2 nitrogen and oxygen atoms in total. The number of anilines is 2. The summed E-state index contributed by atoms with van der Waals surface area (Å²) in [4.78, 5) is 0. The van der Waals surface area contributed by atoms with Crippen molar-refractivity contribution < 1.29 is 0 Å². The lowest BCUT2D eigenvalue weighted by Crippen LogP contribution is -1.99. The zero-order chi connectivity index (χ0) is 18.3. The molecule has 0 spiro atoms. The Labute approximate surface area is 148 Å². The van der Waals surface area contributed by atoms with Crippen LogP contribution in [0.15, 0.2) is 24.3 Å². The topological polar surface area (TPSA) is 52.0 Å². The molecule has 132 valence electrons. The molecule has 4 N–H and O–H groups in total. The van der Waals surface area contributed by atoms with Crippen LogP contribution in [0.3, 0.4) is 0 Å². The van der Waals surface area contributed by atoms with Crippen molar-refractivity contribution in [3.05, 3.63) is 57.6 Å². The van der Waals surface area contributed by atoms with Crippen molar-refractivity contribution in [1.29, 1.82) is 0 Å². The SMILES string of the molecule is CCc1cc(C)cc(CC)c1N.CCc1cc(C)cc(CC)c1N. The summed E-state index contributed by atoms with van der Waals surface area (Å²) in [6.07, 6.45) is 4.11. The van der Waals surface area contributed by atoms with E-state index < -0.39 is 0 Å². The van der Waals surface area contributed by atoms with Gasteiger partial charge in [0.2, 0.25) is 0 Å². The summed E-state index contributed by atoms with van der Waals surface area (Å²) in [6, 6.07) is 8.70. The third-order valence-electron chi connectivity index (χ3n) is 4.52. The van der Waals surface area contributed by atoms with Gasteiger partial charge in [0.1, 0.15) is 0 Å². The third-order valence-corrected chi connectivity index (χ3v) is 4.52. The van der Waals surface area contributed by atoms with E-state index in [1.807, 2.05) is 0 Å². The molecule has 0 atom stereocenters. The lowest BCUT2D eigenvalue weighted by atomic mass is 10.0. The van der Waals surface area contributed by atoms with Gasteiger partial charge in [0.15, 0.2) is 0 Å². The minimum absolute atomic E-state index is 0.991. The molecule has 0 fully saturated rings. The summed E-state index contributed by atoms with van der Waals surface area (Å²) in [5.74, 6) is 0. The molecule has 0 saturated heterocycles. The second kappa shape index (κ2) is 9.36. The highest BCUT2D eigenvalue weighted by Gasteiger charge is 2.03. The van der Waals surface area contributed by atoms with E-state index >= 15 is 0 Å². The van der Waals surface area contributed by atoms with Crippen LogP contribution in [0.25, 0.3) is 0 Å². The van der Waals surface area contributed by atoms with Crippen LogP contribution in [0, 0.1) is 13.8 Å². The van der Waals surface area contributed by atoms with E-state index in [1.54, 1.807) is 0 Å². The predicted octanol–water partition coefficient (Wildman–Crippen LogP) is 5.40. The maximum Gasteiger partial charge on any atom is 0.0379 e. The Morgan fingerprint density at radius 3 is 0.917 bits per heavy atom. The van der Waals surface area contributed by atoms with E-state index in [9.17, 15) is 0 Å². The van der Waals surface area contributed by atoms with Crippen molar-refractivity contribution in [3.8, 4) is 0 Å². The molecule has 24 heavy (non-hydrogen) atoms. The maximum atomic E-state index is 5.97. The fraction of sp³-hybridized carbons (Fsp3) is 0.455. The molecule has 0 saturated carbocycles. The molecule has 0 amide bonds. The molecule has 0 aliphatic heterocycles. The van der Waals surface area contributed by atoms with Crippen LogP contribution in [0.2, 0.25) is 0 Å². The fourth-order valence-electron chi connectivity index (χ4n) is 3.08. The quantitative estimate of drug-likeness (QED) is 0.739. The Kier molecular flexibility index (Phi) is 7.84. The van der Waals surface area contributed by atoms with Crippen LogP contribution in [0.1, 0.15) is 61.1 Å². The van der Waals surface area contributed by atoms with Gasteiger partial charge in [0.05, 0.1) is 0 Å². The van der Waals surface area contributed by atoms with Gasteiger partial charge in [0, 0.05) is 11.4 Å². The van der Waals surface area contributed by atoms with Gasteiger partial charge in [-0.15, -0.1) is 0 Å². The van der Waals surface area contributed by atoms with E-state index in [1.165, 1.54) is 33.4 Å². The second-order valence-corrected chi connectivity index (χ2v) is 6.41. The van der Waals surface area contributed by atoms with Crippen LogP contribution in [0.5, 0.6) is 0 Å². The van der Waals surface area contributed by atoms with Gasteiger partial charge in [-0.3, -0.25) is 0 Å². The van der Waals surface area contributed by atoms with Gasteiger partial charge in [-0.1, -0.05) is 63.1 Å². The van der Waals surface area contributed by atoms with Gasteiger partial charge >= 0.3 is 0 Å². The third kappa shape index (κ3) is 5.02. The fourth-order valence-corrected chi connectivity index (χ4v) is 3.08. The van der Waals surface area contributed by atoms with Crippen molar-refractivity contribution in [3.63, 3.8) is 0 Å². The van der Waals surface area contributed by atoms with E-state index in [2.05, 4.69) is 65.8 Å². The molecular formula is C22H34N2. The Bertz CT molecular complexity index is 562. The van der Waals surface area contributed by atoms with E-state index in [4.69, 9.17) is 11.5 Å². The lowest BCUT2D eigenvalue weighted by Gasteiger charge is -2.09. The highest BCUT2D eigenvalue weighted by Crippen LogP contribution is 2.21. The Hall–Kier alpha value is -1.96. The van der Waals surface area contributed by atoms with Crippen LogP contribution in [0.4, 0.5) is 11.4 Å². The predicted molar refractivity (Wildman–Crippen MR) is 109 cm³/mol. The average Bonchev–Trinajstić information content (AvgIpc) is 2.58. The second-order valence-electron chi connectivity index (χ2n) is 6.41. The highest BCUT2D eigenvalue weighted by molar-refractivity contribution is 5.56. The number of benzene rings is 2. The largest absolute Gasteiger partial charge is 0.398 e. The number of aryl methyl sites for hydroxylation is 6. The molecule has 0 aliphatic rings. The summed E-state index contributed by atoms with van der Waals surface area (Å²) in [5.41, 5.74) is 21.7. The summed E-state index contributed by atoms with van der Waals surface area (Å²) in [5, 5.41) is 0. The van der Waals surface area contributed by atoms with Crippen molar-refractivity contribution >= 4 is 11.4 Å². The smallest absolute Gasteiger partial charge is 0.0379 e. The summed E-state index contributed by atoms with van der Waals surface area (Å²) < 4.78 is 0. The molecule has 2 rings (SSSR count). The maximum absolute atomic E-state index is 5.97. The van der Waals surface area contributed by atoms with Crippen LogP contribution < -0.4 is 11.5 Å². The van der Waals surface area contributed by atoms with Crippen molar-refractivity contribution in [2.45, 2.75) is 67.2 Å². The van der Waals surface area contributed by atoms with E-state index in [0.717, 1.165) is 37.1 Å². The first-order valence-corrected chi connectivity index (χ1v) is 9.13. The molecule has 0 radical (unpaired) electrons. The number of hydrogen-bond donors (Lipinski definition) is 2. The van der Waals surface area contributed by atoms with Crippen LogP contribution in [-0.2, 0) is 25.7 Å². The number of nitrogen functional groups attached to an aromatic ring is 2. The van der Waals surface area contributed by atoms with Crippen molar-refractivity contribution in [2.24, 2.45) is 0 Å². The molecule has 0 bridgehead atoms. The minimum Gasteiger partial charge on any atom is -0.398 e. The molecule has 2 heteroatoms. The number of rotatable bonds is 4. The molecule has 2 aromatic carbocycles. The zero-order valence-corrected chi connectivity index (χ0v) is 16.3. The normalized spacial score (nSPS) is 10.2. The van der Waals surface area contributed by atoms with E-state index in [-0.39, 0.29) is 0 Å².